The summed E-state index contributed by atoms with van der Waals surface area (Å²) in [6.45, 7) is 1.33. The summed E-state index contributed by atoms with van der Waals surface area (Å²) in [5.74, 6) is 0.259. The van der Waals surface area contributed by atoms with Crippen molar-refractivity contribution in [3.05, 3.63) is 107 Å². The van der Waals surface area contributed by atoms with Crippen molar-refractivity contribution in [2.24, 2.45) is 0 Å². The summed E-state index contributed by atoms with van der Waals surface area (Å²) in [5.41, 5.74) is 1.58. The first-order valence-corrected chi connectivity index (χ1v) is 13.7. The molecule has 0 radical (unpaired) electrons. The number of pyridine rings is 1. The molecule has 0 unspecified atom stereocenters. The number of aromatic nitrogens is 1. The fraction of sp³-hybridized carbons (Fsp3) is 0.129. The van der Waals surface area contributed by atoms with Gasteiger partial charge in [-0.05, 0) is 78.2 Å². The highest BCUT2D eigenvalue weighted by Gasteiger charge is 2.17. The van der Waals surface area contributed by atoms with Crippen LogP contribution in [0.2, 0.25) is 0 Å². The molecule has 5 aromatic rings. The summed E-state index contributed by atoms with van der Waals surface area (Å²) in [7, 11) is 0. The summed E-state index contributed by atoms with van der Waals surface area (Å²) in [4.78, 5) is 30.5. The first kappa shape index (κ1) is 26.3. The summed E-state index contributed by atoms with van der Waals surface area (Å²) in [6.07, 6.45) is 2.43. The molecule has 10 heteroatoms. The molecule has 0 bridgehead atoms. The minimum absolute atomic E-state index is 0.0500. The van der Waals surface area contributed by atoms with Crippen molar-refractivity contribution in [2.75, 3.05) is 30.5 Å². The molecule has 41 heavy (non-hydrogen) atoms. The average Bonchev–Trinajstić information content (AvgIpc) is 3.43. The second kappa shape index (κ2) is 11.6. The zero-order valence-electron chi connectivity index (χ0n) is 21.7. The standard InChI is InChI=1S/C31H24FN3O5S/c32-24-8-6-22(34-30(36)20-5-9-26-27(15-20)40-14-13-39-26)17-25(24)35-31(37)29-16-19-4-7-23(18-28(19)41-29)38-12-10-21-3-1-2-11-33-21/h1-9,11,15-18H,10,12-14H2,(H,34,36)(H,35,37). The number of nitrogens with one attached hydrogen (secondary N) is 2. The minimum Gasteiger partial charge on any atom is -0.493 e. The third kappa shape index (κ3) is 6.12. The van der Waals surface area contributed by atoms with Crippen LogP contribution in [0.4, 0.5) is 15.8 Å². The lowest BCUT2D eigenvalue weighted by Crippen LogP contribution is -2.17. The third-order valence-electron chi connectivity index (χ3n) is 6.35. The van der Waals surface area contributed by atoms with E-state index in [1.807, 2.05) is 36.4 Å². The quantitative estimate of drug-likeness (QED) is 0.227. The molecule has 6 rings (SSSR count). The summed E-state index contributed by atoms with van der Waals surface area (Å²) >= 11 is 1.28. The van der Waals surface area contributed by atoms with Crippen LogP contribution < -0.4 is 24.8 Å². The Bertz CT molecular complexity index is 1740. The van der Waals surface area contributed by atoms with Gasteiger partial charge in [-0.2, -0.15) is 0 Å². The maximum Gasteiger partial charge on any atom is 0.265 e. The molecule has 2 amide bonds. The SMILES string of the molecule is O=C(Nc1ccc(F)c(NC(=O)c2cc3ccc(OCCc4ccccn4)cc3s2)c1)c1ccc2c(c1)OCCO2. The Morgan fingerprint density at radius 3 is 2.63 bits per heavy atom. The number of rotatable bonds is 8. The van der Waals surface area contributed by atoms with Gasteiger partial charge in [0.25, 0.3) is 11.8 Å². The number of fused-ring (bicyclic) bond motifs is 2. The Hall–Kier alpha value is -4.96. The van der Waals surface area contributed by atoms with Crippen molar-refractivity contribution < 1.29 is 28.2 Å². The number of thiophene rings is 1. The predicted molar refractivity (Wildman–Crippen MR) is 155 cm³/mol. The first-order chi connectivity index (χ1) is 20.0. The zero-order valence-corrected chi connectivity index (χ0v) is 22.5. The summed E-state index contributed by atoms with van der Waals surface area (Å²) in [5, 5.41) is 6.22. The zero-order chi connectivity index (χ0) is 28.2. The van der Waals surface area contributed by atoms with E-state index < -0.39 is 17.6 Å². The topological polar surface area (TPSA) is 98.8 Å². The molecule has 0 spiro atoms. The van der Waals surface area contributed by atoms with E-state index in [0.717, 1.165) is 15.8 Å². The maximum atomic E-state index is 14.6. The normalized spacial score (nSPS) is 12.1. The Kier molecular flexibility index (Phi) is 7.46. The number of hydrogen-bond acceptors (Lipinski definition) is 7. The number of benzene rings is 3. The second-order valence-electron chi connectivity index (χ2n) is 9.19. The molecule has 1 aliphatic heterocycles. The third-order valence-corrected chi connectivity index (χ3v) is 7.44. The van der Waals surface area contributed by atoms with Gasteiger partial charge in [0.1, 0.15) is 24.8 Å². The van der Waals surface area contributed by atoms with E-state index in [4.69, 9.17) is 14.2 Å². The Labute approximate surface area is 238 Å². The fourth-order valence-electron chi connectivity index (χ4n) is 4.30. The van der Waals surface area contributed by atoms with Crippen molar-refractivity contribution >= 4 is 44.6 Å². The molecule has 3 aromatic carbocycles. The molecule has 0 saturated heterocycles. The van der Waals surface area contributed by atoms with Gasteiger partial charge in [-0.1, -0.05) is 6.07 Å². The second-order valence-corrected chi connectivity index (χ2v) is 10.3. The van der Waals surface area contributed by atoms with Gasteiger partial charge in [0.2, 0.25) is 0 Å². The van der Waals surface area contributed by atoms with Crippen LogP contribution in [0.1, 0.15) is 25.7 Å². The van der Waals surface area contributed by atoms with E-state index in [2.05, 4.69) is 15.6 Å². The van der Waals surface area contributed by atoms with Gasteiger partial charge in [0.05, 0.1) is 17.2 Å². The average molecular weight is 570 g/mol. The molecule has 2 aromatic heterocycles. The van der Waals surface area contributed by atoms with Crippen LogP contribution in [0.3, 0.4) is 0 Å². The number of carbonyl (C=O) groups excluding carboxylic acids is 2. The first-order valence-electron chi connectivity index (χ1n) is 12.9. The number of ether oxygens (including phenoxy) is 3. The van der Waals surface area contributed by atoms with E-state index in [1.54, 1.807) is 30.5 Å². The highest BCUT2D eigenvalue weighted by Crippen LogP contribution is 2.32. The van der Waals surface area contributed by atoms with Crippen molar-refractivity contribution in [2.45, 2.75) is 6.42 Å². The van der Waals surface area contributed by atoms with Crippen LogP contribution >= 0.6 is 11.3 Å². The van der Waals surface area contributed by atoms with Crippen molar-refractivity contribution in [1.29, 1.82) is 0 Å². The van der Waals surface area contributed by atoms with Crippen LogP contribution in [0.15, 0.2) is 85.1 Å². The molecule has 0 aliphatic carbocycles. The van der Waals surface area contributed by atoms with Crippen LogP contribution in [0.5, 0.6) is 17.2 Å². The Morgan fingerprint density at radius 1 is 0.902 bits per heavy atom. The number of hydrogen-bond donors (Lipinski definition) is 2. The highest BCUT2D eigenvalue weighted by molar-refractivity contribution is 7.20. The molecule has 0 atom stereocenters. The van der Waals surface area contributed by atoms with E-state index in [0.29, 0.717) is 59.6 Å². The fourth-order valence-corrected chi connectivity index (χ4v) is 5.29. The molecule has 8 nitrogen and oxygen atoms in total. The molecule has 2 N–H and O–H groups in total. The van der Waals surface area contributed by atoms with E-state index >= 15 is 0 Å². The molecular weight excluding hydrogens is 545 g/mol. The summed E-state index contributed by atoms with van der Waals surface area (Å²) < 4.78 is 32.4. The van der Waals surface area contributed by atoms with Gasteiger partial charge in [-0.25, -0.2) is 4.39 Å². The lowest BCUT2D eigenvalue weighted by atomic mass is 10.1. The van der Waals surface area contributed by atoms with E-state index in [9.17, 15) is 14.0 Å². The number of carbonyl (C=O) groups is 2. The van der Waals surface area contributed by atoms with Crippen molar-refractivity contribution in [3.8, 4) is 17.2 Å². The van der Waals surface area contributed by atoms with Gasteiger partial charge in [-0.3, -0.25) is 14.6 Å². The molecule has 3 heterocycles. The van der Waals surface area contributed by atoms with E-state index in [-0.39, 0.29) is 5.69 Å². The minimum atomic E-state index is -0.625. The lowest BCUT2D eigenvalue weighted by molar-refractivity contribution is 0.102. The van der Waals surface area contributed by atoms with Gasteiger partial charge < -0.3 is 24.8 Å². The van der Waals surface area contributed by atoms with Gasteiger partial charge in [-0.15, -0.1) is 11.3 Å². The van der Waals surface area contributed by atoms with Crippen molar-refractivity contribution in [3.63, 3.8) is 0 Å². The predicted octanol–water partition coefficient (Wildman–Crippen LogP) is 6.33. The van der Waals surface area contributed by atoms with Crippen molar-refractivity contribution in [1.82, 2.24) is 4.98 Å². The van der Waals surface area contributed by atoms with Crippen LogP contribution in [-0.2, 0) is 6.42 Å². The largest absolute Gasteiger partial charge is 0.493 e. The Balaban J connectivity index is 1.11. The van der Waals surface area contributed by atoms with Crippen LogP contribution in [0, 0.1) is 5.82 Å². The monoisotopic (exact) mass is 569 g/mol. The molecule has 0 fully saturated rings. The van der Waals surface area contributed by atoms with Gasteiger partial charge in [0, 0.05) is 34.3 Å². The molecular formula is C31H24FN3O5S. The highest BCUT2D eigenvalue weighted by atomic mass is 32.1. The van der Waals surface area contributed by atoms with Crippen LogP contribution in [0.25, 0.3) is 10.1 Å². The number of halogens is 1. The van der Waals surface area contributed by atoms with Gasteiger partial charge >= 0.3 is 0 Å². The molecule has 1 aliphatic rings. The number of amides is 2. The smallest absolute Gasteiger partial charge is 0.265 e. The van der Waals surface area contributed by atoms with Crippen LogP contribution in [-0.4, -0.2) is 36.6 Å². The lowest BCUT2D eigenvalue weighted by Gasteiger charge is -2.18. The number of anilines is 2. The Morgan fingerprint density at radius 2 is 1.78 bits per heavy atom. The molecule has 206 valence electrons. The maximum absolute atomic E-state index is 14.6. The number of nitrogens with zero attached hydrogens (tertiary/aromatic N) is 1. The summed E-state index contributed by atoms with van der Waals surface area (Å²) in [6, 6.07) is 22.0. The van der Waals surface area contributed by atoms with Gasteiger partial charge in [0.15, 0.2) is 11.5 Å². The van der Waals surface area contributed by atoms with E-state index in [1.165, 1.54) is 29.5 Å². The molecule has 0 saturated carbocycles.